The molecule has 1 aromatic rings. The summed E-state index contributed by atoms with van der Waals surface area (Å²) in [5, 5.41) is 0. The Morgan fingerprint density at radius 2 is 2.21 bits per heavy atom. The molecule has 0 amide bonds. The molecule has 0 spiro atoms. The Morgan fingerprint density at radius 3 is 2.84 bits per heavy atom. The number of pyridine rings is 1. The summed E-state index contributed by atoms with van der Waals surface area (Å²) in [6.45, 7) is 4.07. The zero-order chi connectivity index (χ0) is 13.7. The van der Waals surface area contributed by atoms with E-state index in [-0.39, 0.29) is 11.6 Å². The lowest BCUT2D eigenvalue weighted by molar-refractivity contribution is -0.120. The van der Waals surface area contributed by atoms with E-state index in [1.165, 1.54) is 0 Å². The summed E-state index contributed by atoms with van der Waals surface area (Å²) in [5.41, 5.74) is 13.8. The molecule has 1 aliphatic heterocycles. The number of nitrogens with two attached hydrogens (primary N) is 2. The summed E-state index contributed by atoms with van der Waals surface area (Å²) in [6, 6.07) is 1.71. The molecule has 2 heterocycles. The molecule has 1 aromatic heterocycles. The molecule has 0 radical (unpaired) electrons. The van der Waals surface area contributed by atoms with Crippen LogP contribution < -0.4 is 11.5 Å². The Morgan fingerprint density at radius 1 is 1.47 bits per heavy atom. The molecule has 19 heavy (non-hydrogen) atoms. The van der Waals surface area contributed by atoms with E-state index in [2.05, 4.69) is 4.98 Å². The Bertz CT molecular complexity index is 400. The van der Waals surface area contributed by atoms with Crippen molar-refractivity contribution in [3.8, 4) is 0 Å². The zero-order valence-electron chi connectivity index (χ0n) is 11.5. The molecule has 1 aliphatic rings. The monoisotopic (exact) mass is 265 g/mol. The quantitative estimate of drug-likeness (QED) is 0.833. The van der Waals surface area contributed by atoms with Gasteiger partial charge in [-0.25, -0.2) is 0 Å². The highest BCUT2D eigenvalue weighted by Crippen LogP contribution is 2.30. The van der Waals surface area contributed by atoms with Crippen LogP contribution in [0.15, 0.2) is 18.5 Å². The SMILES string of the molecule is CCOC1(C(N)Cc2cnccc2N)CCOCC1. The number of hydrogen-bond acceptors (Lipinski definition) is 5. The average molecular weight is 265 g/mol. The standard InChI is InChI=1S/C14H23N3O2/c1-2-19-14(4-7-18-8-5-14)13(16)9-11-10-17-6-3-12(11)15/h3,6,10,13H,2,4-5,7-9,16H2,1H3,(H2,15,17). The van der Waals surface area contributed by atoms with Crippen LogP contribution in [-0.2, 0) is 15.9 Å². The first-order valence-electron chi connectivity index (χ1n) is 6.83. The van der Waals surface area contributed by atoms with Gasteiger partial charge in [0.25, 0.3) is 0 Å². The first-order valence-corrected chi connectivity index (χ1v) is 6.83. The van der Waals surface area contributed by atoms with Crippen LogP contribution in [0.2, 0.25) is 0 Å². The minimum atomic E-state index is -0.296. The molecule has 0 bridgehead atoms. The van der Waals surface area contributed by atoms with E-state index in [0.717, 1.165) is 24.1 Å². The third-order valence-electron chi connectivity index (χ3n) is 3.83. The average Bonchev–Trinajstić information content (AvgIpc) is 2.42. The summed E-state index contributed by atoms with van der Waals surface area (Å²) < 4.78 is 11.4. The number of hydrogen-bond donors (Lipinski definition) is 2. The maximum Gasteiger partial charge on any atom is 0.0879 e. The normalized spacial score (nSPS) is 20.1. The molecule has 1 fully saturated rings. The number of rotatable bonds is 5. The third-order valence-corrected chi connectivity index (χ3v) is 3.83. The van der Waals surface area contributed by atoms with Crippen LogP contribution in [0.4, 0.5) is 5.69 Å². The summed E-state index contributed by atoms with van der Waals surface area (Å²) in [6.07, 6.45) is 5.83. The van der Waals surface area contributed by atoms with Crippen molar-refractivity contribution in [2.75, 3.05) is 25.6 Å². The van der Waals surface area contributed by atoms with E-state index < -0.39 is 0 Å². The number of aromatic nitrogens is 1. The van der Waals surface area contributed by atoms with Crippen molar-refractivity contribution in [3.63, 3.8) is 0 Å². The van der Waals surface area contributed by atoms with Crippen molar-refractivity contribution in [3.05, 3.63) is 24.0 Å². The van der Waals surface area contributed by atoms with Crippen LogP contribution in [0.3, 0.4) is 0 Å². The number of ether oxygens (including phenoxy) is 2. The van der Waals surface area contributed by atoms with Crippen molar-refractivity contribution in [2.45, 2.75) is 37.8 Å². The summed E-state index contributed by atoms with van der Waals surface area (Å²) >= 11 is 0. The maximum absolute atomic E-state index is 6.41. The highest BCUT2D eigenvalue weighted by atomic mass is 16.5. The van der Waals surface area contributed by atoms with E-state index in [9.17, 15) is 0 Å². The van der Waals surface area contributed by atoms with E-state index >= 15 is 0 Å². The first kappa shape index (κ1) is 14.2. The fourth-order valence-electron chi connectivity index (χ4n) is 2.66. The van der Waals surface area contributed by atoms with Gasteiger partial charge in [-0.15, -0.1) is 0 Å². The second-order valence-electron chi connectivity index (χ2n) is 5.00. The molecule has 0 aromatic carbocycles. The molecule has 1 atom stereocenters. The van der Waals surface area contributed by atoms with Crippen LogP contribution in [0.1, 0.15) is 25.3 Å². The molecule has 5 nitrogen and oxygen atoms in total. The van der Waals surface area contributed by atoms with Gasteiger partial charge in [-0.2, -0.15) is 0 Å². The van der Waals surface area contributed by atoms with Gasteiger partial charge in [0.1, 0.15) is 0 Å². The fraction of sp³-hybridized carbons (Fsp3) is 0.643. The van der Waals surface area contributed by atoms with Crippen LogP contribution in [0.25, 0.3) is 0 Å². The lowest BCUT2D eigenvalue weighted by atomic mass is 9.83. The van der Waals surface area contributed by atoms with Gasteiger partial charge < -0.3 is 20.9 Å². The minimum absolute atomic E-state index is 0.0946. The number of nitrogen functional groups attached to an aromatic ring is 1. The molecule has 5 heteroatoms. The molecule has 1 saturated heterocycles. The number of anilines is 1. The second kappa shape index (κ2) is 6.32. The van der Waals surface area contributed by atoms with Crippen molar-refractivity contribution in [1.82, 2.24) is 4.98 Å². The Balaban J connectivity index is 2.11. The largest absolute Gasteiger partial charge is 0.398 e. The van der Waals surface area contributed by atoms with Gasteiger partial charge in [0.2, 0.25) is 0 Å². The Kier molecular flexibility index (Phi) is 4.74. The van der Waals surface area contributed by atoms with E-state index in [1.54, 1.807) is 18.5 Å². The summed E-state index contributed by atoms with van der Waals surface area (Å²) in [7, 11) is 0. The molecule has 0 aliphatic carbocycles. The smallest absolute Gasteiger partial charge is 0.0879 e. The molecular formula is C14H23N3O2. The Labute approximate surface area is 114 Å². The topological polar surface area (TPSA) is 83.4 Å². The van der Waals surface area contributed by atoms with Gasteiger partial charge >= 0.3 is 0 Å². The van der Waals surface area contributed by atoms with Gasteiger partial charge in [0.15, 0.2) is 0 Å². The lowest BCUT2D eigenvalue weighted by Gasteiger charge is -2.41. The van der Waals surface area contributed by atoms with Crippen LogP contribution in [0.5, 0.6) is 0 Å². The van der Waals surface area contributed by atoms with Crippen molar-refractivity contribution in [2.24, 2.45) is 5.73 Å². The molecule has 1 unspecified atom stereocenters. The van der Waals surface area contributed by atoms with Gasteiger partial charge in [0, 0.05) is 56.8 Å². The Hall–Kier alpha value is -1.17. The predicted molar refractivity (Wildman–Crippen MR) is 74.7 cm³/mol. The van der Waals surface area contributed by atoms with E-state index in [1.807, 2.05) is 6.92 Å². The fourth-order valence-corrected chi connectivity index (χ4v) is 2.66. The zero-order valence-corrected chi connectivity index (χ0v) is 11.5. The lowest BCUT2D eigenvalue weighted by Crippen LogP contribution is -2.54. The van der Waals surface area contributed by atoms with Crippen LogP contribution in [-0.4, -0.2) is 36.4 Å². The first-order chi connectivity index (χ1) is 9.18. The number of nitrogens with zero attached hydrogens (tertiary/aromatic N) is 1. The third kappa shape index (κ3) is 3.23. The van der Waals surface area contributed by atoms with Crippen LogP contribution in [0, 0.1) is 0 Å². The van der Waals surface area contributed by atoms with Crippen molar-refractivity contribution >= 4 is 5.69 Å². The maximum atomic E-state index is 6.41. The minimum Gasteiger partial charge on any atom is -0.398 e. The van der Waals surface area contributed by atoms with Gasteiger partial charge in [-0.1, -0.05) is 0 Å². The summed E-state index contributed by atoms with van der Waals surface area (Å²) in [4.78, 5) is 4.11. The van der Waals surface area contributed by atoms with Gasteiger partial charge in [0.05, 0.1) is 5.60 Å². The van der Waals surface area contributed by atoms with Gasteiger partial charge in [-0.3, -0.25) is 4.98 Å². The molecule has 4 N–H and O–H groups in total. The van der Waals surface area contributed by atoms with Crippen molar-refractivity contribution < 1.29 is 9.47 Å². The highest BCUT2D eigenvalue weighted by molar-refractivity contribution is 5.44. The molecule has 106 valence electrons. The second-order valence-corrected chi connectivity index (χ2v) is 5.00. The molecule has 2 rings (SSSR count). The van der Waals surface area contributed by atoms with E-state index in [4.69, 9.17) is 20.9 Å². The molecular weight excluding hydrogens is 242 g/mol. The summed E-state index contributed by atoms with van der Waals surface area (Å²) in [5.74, 6) is 0. The highest BCUT2D eigenvalue weighted by Gasteiger charge is 2.39. The van der Waals surface area contributed by atoms with Crippen LogP contribution >= 0.6 is 0 Å². The van der Waals surface area contributed by atoms with E-state index in [0.29, 0.717) is 26.2 Å². The van der Waals surface area contributed by atoms with Crippen molar-refractivity contribution in [1.29, 1.82) is 0 Å². The predicted octanol–water partition coefficient (Wildman–Crippen LogP) is 1.12. The van der Waals surface area contributed by atoms with Gasteiger partial charge in [-0.05, 0) is 25.0 Å². The molecule has 0 saturated carbocycles.